The van der Waals surface area contributed by atoms with Crippen molar-refractivity contribution in [2.75, 3.05) is 0 Å². The Kier molecular flexibility index (Phi) is 4.66. The number of hydrogen-bond acceptors (Lipinski definition) is 5. The second kappa shape index (κ2) is 6.37. The van der Waals surface area contributed by atoms with Gasteiger partial charge in [-0.2, -0.15) is 0 Å². The number of carboxylic acid groups (broad SMARTS) is 1. The molecule has 2 aromatic rings. The van der Waals surface area contributed by atoms with Gasteiger partial charge in [-0.05, 0) is 18.6 Å². The number of hydrogen-bond donors (Lipinski definition) is 3. The number of benzene rings is 2. The van der Waals surface area contributed by atoms with Crippen LogP contribution in [0.5, 0.6) is 11.5 Å². The Hall–Kier alpha value is -2.80. The van der Waals surface area contributed by atoms with Crippen molar-refractivity contribution in [3.8, 4) is 11.5 Å². The Morgan fingerprint density at radius 3 is 2.25 bits per heavy atom. The maximum atomic E-state index is 12.8. The number of aromatic hydroxyl groups is 2. The number of carbonyl (C=O) groups is 1. The van der Waals surface area contributed by atoms with Gasteiger partial charge in [0.2, 0.25) is 0 Å². The number of phenolic OH excluding ortho intramolecular Hbond substituents is 1. The molecule has 0 aliphatic carbocycles. The van der Waals surface area contributed by atoms with Crippen LogP contribution in [0, 0.1) is 6.92 Å². The Balaban J connectivity index is 2.62. The van der Waals surface area contributed by atoms with E-state index in [1.807, 2.05) is 6.92 Å². The van der Waals surface area contributed by atoms with Gasteiger partial charge in [-0.1, -0.05) is 35.9 Å². The first-order valence-electron chi connectivity index (χ1n) is 6.90. The van der Waals surface area contributed by atoms with E-state index in [9.17, 15) is 23.4 Å². The van der Waals surface area contributed by atoms with Gasteiger partial charge in [0.15, 0.2) is 21.3 Å². The van der Waals surface area contributed by atoms with Crippen molar-refractivity contribution in [1.82, 2.24) is 0 Å². The Labute approximate surface area is 139 Å². The summed E-state index contributed by atoms with van der Waals surface area (Å²) in [5.74, 6) is -3.25. The van der Waals surface area contributed by atoms with E-state index in [2.05, 4.69) is 6.58 Å². The lowest BCUT2D eigenvalue weighted by atomic mass is 10.1. The summed E-state index contributed by atoms with van der Waals surface area (Å²) in [4.78, 5) is 10.7. The van der Waals surface area contributed by atoms with Crippen molar-refractivity contribution < 1.29 is 28.5 Å². The second-order valence-electron chi connectivity index (χ2n) is 5.26. The first kappa shape index (κ1) is 17.6. The van der Waals surface area contributed by atoms with Crippen LogP contribution in [0.1, 0.15) is 26.7 Å². The third-order valence-corrected chi connectivity index (χ3v) is 5.60. The summed E-state index contributed by atoms with van der Waals surface area (Å²) in [7, 11) is -4.06. The summed E-state index contributed by atoms with van der Waals surface area (Å²) in [5.41, 5.74) is 0.717. The average Bonchev–Trinajstić information content (AvgIpc) is 2.51. The fourth-order valence-corrected chi connectivity index (χ4v) is 3.89. The van der Waals surface area contributed by atoms with Gasteiger partial charge in [0, 0.05) is 6.07 Å². The Morgan fingerprint density at radius 1 is 1.17 bits per heavy atom. The highest BCUT2D eigenvalue weighted by molar-refractivity contribution is 7.91. The summed E-state index contributed by atoms with van der Waals surface area (Å²) in [6, 6.07) is 8.41. The van der Waals surface area contributed by atoms with Crippen LogP contribution < -0.4 is 0 Å². The zero-order chi connectivity index (χ0) is 18.1. The fraction of sp³-hybridized carbons (Fsp3) is 0.118. The van der Waals surface area contributed by atoms with E-state index < -0.39 is 43.0 Å². The molecule has 7 heteroatoms. The number of carboxylic acids is 1. The standard InChI is InChI=1S/C17H16O6S/c1-3-15(11-6-4-10(2)5-7-11)24(22,23)12-8-13(17(20)21)16(19)14(18)9-12/h3-9,15,18-19H,1H2,2H3,(H,20,21). The van der Waals surface area contributed by atoms with Gasteiger partial charge in [0.1, 0.15) is 10.8 Å². The van der Waals surface area contributed by atoms with E-state index in [0.29, 0.717) is 5.56 Å². The predicted octanol–water partition coefficient (Wildman–Crippen LogP) is 2.81. The smallest absolute Gasteiger partial charge is 0.339 e. The van der Waals surface area contributed by atoms with Crippen LogP contribution in [0.25, 0.3) is 0 Å². The monoisotopic (exact) mass is 348 g/mol. The molecule has 2 rings (SSSR count). The molecular weight excluding hydrogens is 332 g/mol. The molecule has 0 spiro atoms. The minimum Gasteiger partial charge on any atom is -0.504 e. The molecule has 0 bridgehead atoms. The molecule has 0 heterocycles. The van der Waals surface area contributed by atoms with Gasteiger partial charge in [0.25, 0.3) is 0 Å². The van der Waals surface area contributed by atoms with E-state index >= 15 is 0 Å². The van der Waals surface area contributed by atoms with Gasteiger partial charge in [-0.25, -0.2) is 13.2 Å². The first-order chi connectivity index (χ1) is 11.2. The van der Waals surface area contributed by atoms with Crippen LogP contribution in [-0.4, -0.2) is 29.7 Å². The maximum absolute atomic E-state index is 12.8. The van der Waals surface area contributed by atoms with Gasteiger partial charge in [-0.15, -0.1) is 6.58 Å². The third-order valence-electron chi connectivity index (χ3n) is 3.58. The number of aromatic carboxylic acids is 1. The summed E-state index contributed by atoms with van der Waals surface area (Å²) >= 11 is 0. The van der Waals surface area contributed by atoms with Crippen LogP contribution in [0.2, 0.25) is 0 Å². The number of rotatable bonds is 5. The Morgan fingerprint density at radius 2 is 1.75 bits per heavy atom. The molecule has 6 nitrogen and oxygen atoms in total. The highest BCUT2D eigenvalue weighted by Crippen LogP contribution is 2.37. The largest absolute Gasteiger partial charge is 0.504 e. The van der Waals surface area contributed by atoms with Crippen molar-refractivity contribution >= 4 is 15.8 Å². The van der Waals surface area contributed by atoms with E-state index in [4.69, 9.17) is 5.11 Å². The van der Waals surface area contributed by atoms with E-state index in [-0.39, 0.29) is 0 Å². The van der Waals surface area contributed by atoms with Crippen LogP contribution >= 0.6 is 0 Å². The molecule has 0 aromatic heterocycles. The summed E-state index contributed by atoms with van der Waals surface area (Å²) < 4.78 is 25.7. The SMILES string of the molecule is C=CC(c1ccc(C)cc1)S(=O)(=O)c1cc(O)c(O)c(C(=O)O)c1. The highest BCUT2D eigenvalue weighted by Gasteiger charge is 2.29. The summed E-state index contributed by atoms with van der Waals surface area (Å²) in [6.45, 7) is 5.40. The van der Waals surface area contributed by atoms with E-state index in [1.54, 1.807) is 24.3 Å². The lowest BCUT2D eigenvalue weighted by Gasteiger charge is -2.16. The molecule has 0 aliphatic rings. The number of aryl methyl sites for hydroxylation is 1. The number of phenols is 2. The van der Waals surface area contributed by atoms with Gasteiger partial charge < -0.3 is 15.3 Å². The maximum Gasteiger partial charge on any atom is 0.339 e. The molecular formula is C17H16O6S. The second-order valence-corrected chi connectivity index (χ2v) is 7.33. The molecule has 0 radical (unpaired) electrons. The lowest BCUT2D eigenvalue weighted by Crippen LogP contribution is -2.13. The van der Waals surface area contributed by atoms with Gasteiger partial charge in [0.05, 0.1) is 4.90 Å². The zero-order valence-corrected chi connectivity index (χ0v) is 13.6. The predicted molar refractivity (Wildman–Crippen MR) is 88.0 cm³/mol. The van der Waals surface area contributed by atoms with Crippen molar-refractivity contribution in [1.29, 1.82) is 0 Å². The number of sulfone groups is 1. The van der Waals surface area contributed by atoms with Crippen LogP contribution in [-0.2, 0) is 9.84 Å². The zero-order valence-electron chi connectivity index (χ0n) is 12.8. The molecule has 24 heavy (non-hydrogen) atoms. The topological polar surface area (TPSA) is 112 Å². The average molecular weight is 348 g/mol. The molecule has 0 aliphatic heterocycles. The Bertz CT molecular complexity index is 897. The third kappa shape index (κ3) is 3.11. The van der Waals surface area contributed by atoms with Crippen molar-refractivity contribution in [3.63, 3.8) is 0 Å². The minimum atomic E-state index is -4.06. The molecule has 0 amide bonds. The van der Waals surface area contributed by atoms with Crippen LogP contribution in [0.4, 0.5) is 0 Å². The minimum absolute atomic E-state index is 0.416. The van der Waals surface area contributed by atoms with Crippen LogP contribution in [0.3, 0.4) is 0 Å². The quantitative estimate of drug-likeness (QED) is 0.566. The van der Waals surface area contributed by atoms with Gasteiger partial charge in [-0.3, -0.25) is 0 Å². The van der Waals surface area contributed by atoms with Crippen molar-refractivity contribution in [2.45, 2.75) is 17.1 Å². The van der Waals surface area contributed by atoms with Crippen molar-refractivity contribution in [3.05, 3.63) is 65.7 Å². The van der Waals surface area contributed by atoms with Crippen molar-refractivity contribution in [2.24, 2.45) is 0 Å². The first-order valence-corrected chi connectivity index (χ1v) is 8.45. The highest BCUT2D eigenvalue weighted by atomic mass is 32.2. The molecule has 1 atom stereocenters. The van der Waals surface area contributed by atoms with E-state index in [0.717, 1.165) is 17.7 Å². The fourth-order valence-electron chi connectivity index (χ4n) is 2.27. The summed E-state index contributed by atoms with van der Waals surface area (Å²) in [6.07, 6.45) is 1.23. The lowest BCUT2D eigenvalue weighted by molar-refractivity contribution is 0.0692. The molecule has 2 aromatic carbocycles. The molecule has 0 fully saturated rings. The molecule has 3 N–H and O–H groups in total. The van der Waals surface area contributed by atoms with Crippen LogP contribution in [0.15, 0.2) is 53.9 Å². The molecule has 126 valence electrons. The normalized spacial score (nSPS) is 12.5. The molecule has 1 unspecified atom stereocenters. The van der Waals surface area contributed by atoms with E-state index in [1.165, 1.54) is 6.08 Å². The summed E-state index contributed by atoms with van der Waals surface area (Å²) in [5, 5.41) is 27.1. The molecule has 0 saturated heterocycles. The molecule has 0 saturated carbocycles. The van der Waals surface area contributed by atoms with Gasteiger partial charge >= 0.3 is 5.97 Å².